The van der Waals surface area contributed by atoms with E-state index in [9.17, 15) is 4.79 Å². The van der Waals surface area contributed by atoms with E-state index in [1.807, 2.05) is 30.2 Å². The molecule has 3 rings (SSSR count). The fourth-order valence-electron chi connectivity index (χ4n) is 2.64. The first-order chi connectivity index (χ1) is 10.2. The average Bonchev–Trinajstić information content (AvgIpc) is 3.02. The maximum absolute atomic E-state index is 12.5. The molecule has 1 aromatic carbocycles. The normalized spacial score (nSPS) is 13.9. The van der Waals surface area contributed by atoms with Crippen LogP contribution in [0.25, 0.3) is 0 Å². The van der Waals surface area contributed by atoms with E-state index in [2.05, 4.69) is 11.2 Å². The number of carbonyl (C=O) groups excluding carboxylic acids is 1. The highest BCUT2D eigenvalue weighted by atomic mass is 16.5. The largest absolute Gasteiger partial charge is 0.497 e. The molecule has 1 amide bonds. The van der Waals surface area contributed by atoms with Crippen LogP contribution in [0, 0.1) is 0 Å². The molecule has 1 aliphatic heterocycles. The van der Waals surface area contributed by atoms with Gasteiger partial charge in [-0.3, -0.25) is 9.48 Å². The molecular formula is C16H19N3O2. The minimum atomic E-state index is 0.00340. The molecule has 0 saturated carbocycles. The fraction of sp³-hybridized carbons (Fsp3) is 0.375. The van der Waals surface area contributed by atoms with E-state index in [4.69, 9.17) is 4.74 Å². The standard InChI is InChI=1S/C16H19N3O2/c1-3-19-9-7-15(17-19)16(20)18-8-6-12-10-14(21-2)5-4-13(12)11-18/h4-5,7,9-10H,3,6,8,11H2,1-2H3. The molecule has 5 nitrogen and oxygen atoms in total. The first kappa shape index (κ1) is 13.7. The van der Waals surface area contributed by atoms with Gasteiger partial charge in [-0.15, -0.1) is 0 Å². The van der Waals surface area contributed by atoms with Crippen LogP contribution in [0.1, 0.15) is 28.5 Å². The van der Waals surface area contributed by atoms with E-state index in [0.29, 0.717) is 12.2 Å². The minimum Gasteiger partial charge on any atom is -0.497 e. The maximum Gasteiger partial charge on any atom is 0.274 e. The molecule has 0 atom stereocenters. The third kappa shape index (κ3) is 2.63. The molecule has 0 spiro atoms. The van der Waals surface area contributed by atoms with Crippen LogP contribution in [0.2, 0.25) is 0 Å². The summed E-state index contributed by atoms with van der Waals surface area (Å²) in [7, 11) is 1.67. The monoisotopic (exact) mass is 285 g/mol. The zero-order valence-corrected chi connectivity index (χ0v) is 12.4. The van der Waals surface area contributed by atoms with Crippen LogP contribution in [-0.2, 0) is 19.5 Å². The van der Waals surface area contributed by atoms with Crippen LogP contribution in [0.4, 0.5) is 0 Å². The van der Waals surface area contributed by atoms with Crippen LogP contribution in [0.5, 0.6) is 5.75 Å². The lowest BCUT2D eigenvalue weighted by atomic mass is 9.99. The summed E-state index contributed by atoms with van der Waals surface area (Å²) in [4.78, 5) is 14.3. The van der Waals surface area contributed by atoms with Crippen molar-refractivity contribution >= 4 is 5.91 Å². The molecule has 0 N–H and O–H groups in total. The van der Waals surface area contributed by atoms with E-state index in [1.54, 1.807) is 17.9 Å². The van der Waals surface area contributed by atoms with Crippen LogP contribution >= 0.6 is 0 Å². The number of rotatable bonds is 3. The number of carbonyl (C=O) groups is 1. The Morgan fingerprint density at radius 1 is 1.33 bits per heavy atom. The van der Waals surface area contributed by atoms with E-state index in [1.165, 1.54) is 11.1 Å². The number of ether oxygens (including phenoxy) is 1. The van der Waals surface area contributed by atoms with Gasteiger partial charge in [0.25, 0.3) is 5.91 Å². The van der Waals surface area contributed by atoms with Gasteiger partial charge in [-0.2, -0.15) is 5.10 Å². The number of benzene rings is 1. The SMILES string of the molecule is CCn1ccc(C(=O)N2CCc3cc(OC)ccc3C2)n1. The van der Waals surface area contributed by atoms with Gasteiger partial charge in [0.2, 0.25) is 0 Å². The van der Waals surface area contributed by atoms with Crippen LogP contribution in [-0.4, -0.2) is 34.2 Å². The van der Waals surface area contributed by atoms with E-state index in [0.717, 1.165) is 25.3 Å². The number of methoxy groups -OCH3 is 1. The molecule has 1 aromatic heterocycles. The fourth-order valence-corrected chi connectivity index (χ4v) is 2.64. The quantitative estimate of drug-likeness (QED) is 0.867. The highest BCUT2D eigenvalue weighted by molar-refractivity contribution is 5.92. The second kappa shape index (κ2) is 5.60. The molecule has 2 heterocycles. The molecule has 0 aliphatic carbocycles. The Labute approximate surface area is 124 Å². The van der Waals surface area contributed by atoms with Gasteiger partial charge in [0.1, 0.15) is 11.4 Å². The van der Waals surface area contributed by atoms with Gasteiger partial charge in [-0.25, -0.2) is 0 Å². The van der Waals surface area contributed by atoms with Gasteiger partial charge < -0.3 is 9.64 Å². The summed E-state index contributed by atoms with van der Waals surface area (Å²) in [6, 6.07) is 7.83. The van der Waals surface area contributed by atoms with Crippen molar-refractivity contribution in [2.24, 2.45) is 0 Å². The molecule has 1 aliphatic rings. The topological polar surface area (TPSA) is 47.4 Å². The summed E-state index contributed by atoms with van der Waals surface area (Å²) in [5.74, 6) is 0.874. The summed E-state index contributed by atoms with van der Waals surface area (Å²) >= 11 is 0. The Hall–Kier alpha value is -2.30. The van der Waals surface area contributed by atoms with Crippen molar-refractivity contribution in [2.45, 2.75) is 26.4 Å². The zero-order chi connectivity index (χ0) is 14.8. The molecule has 5 heteroatoms. The smallest absolute Gasteiger partial charge is 0.274 e. The number of hydrogen-bond acceptors (Lipinski definition) is 3. The highest BCUT2D eigenvalue weighted by Crippen LogP contribution is 2.24. The lowest BCUT2D eigenvalue weighted by molar-refractivity contribution is 0.0727. The second-order valence-corrected chi connectivity index (χ2v) is 5.17. The number of amides is 1. The molecule has 110 valence electrons. The lowest BCUT2D eigenvalue weighted by Crippen LogP contribution is -2.36. The Kier molecular flexibility index (Phi) is 3.64. The van der Waals surface area contributed by atoms with Crippen molar-refractivity contribution in [1.29, 1.82) is 0 Å². The van der Waals surface area contributed by atoms with Crippen molar-refractivity contribution in [3.63, 3.8) is 0 Å². The van der Waals surface area contributed by atoms with Crippen molar-refractivity contribution in [2.75, 3.05) is 13.7 Å². The minimum absolute atomic E-state index is 0.00340. The van der Waals surface area contributed by atoms with Crippen molar-refractivity contribution in [1.82, 2.24) is 14.7 Å². The lowest BCUT2D eigenvalue weighted by Gasteiger charge is -2.28. The van der Waals surface area contributed by atoms with Gasteiger partial charge in [0, 0.05) is 25.8 Å². The van der Waals surface area contributed by atoms with Crippen LogP contribution in [0.3, 0.4) is 0 Å². The number of fused-ring (bicyclic) bond motifs is 1. The molecular weight excluding hydrogens is 266 g/mol. The average molecular weight is 285 g/mol. The van der Waals surface area contributed by atoms with Crippen LogP contribution in [0.15, 0.2) is 30.5 Å². The molecule has 0 fully saturated rings. The third-order valence-corrected chi connectivity index (χ3v) is 3.90. The van der Waals surface area contributed by atoms with E-state index in [-0.39, 0.29) is 5.91 Å². The molecule has 0 unspecified atom stereocenters. The molecule has 0 radical (unpaired) electrons. The summed E-state index contributed by atoms with van der Waals surface area (Å²) < 4.78 is 7.02. The van der Waals surface area contributed by atoms with Gasteiger partial charge in [-0.05, 0) is 42.7 Å². The molecule has 2 aromatic rings. The van der Waals surface area contributed by atoms with E-state index < -0.39 is 0 Å². The molecule has 0 saturated heterocycles. The summed E-state index contributed by atoms with van der Waals surface area (Å²) in [6.45, 7) is 4.14. The Bertz CT molecular complexity index is 663. The predicted molar refractivity (Wildman–Crippen MR) is 79.3 cm³/mol. The summed E-state index contributed by atoms with van der Waals surface area (Å²) in [5, 5.41) is 4.29. The Morgan fingerprint density at radius 3 is 2.90 bits per heavy atom. The maximum atomic E-state index is 12.5. The van der Waals surface area contributed by atoms with Gasteiger partial charge in [-0.1, -0.05) is 6.07 Å². The van der Waals surface area contributed by atoms with Crippen molar-refractivity contribution < 1.29 is 9.53 Å². The summed E-state index contributed by atoms with van der Waals surface area (Å²) in [5.41, 5.74) is 2.97. The molecule has 0 bridgehead atoms. The number of aryl methyl sites for hydroxylation is 1. The van der Waals surface area contributed by atoms with Gasteiger partial charge >= 0.3 is 0 Å². The van der Waals surface area contributed by atoms with Gasteiger partial charge in [0.15, 0.2) is 0 Å². The van der Waals surface area contributed by atoms with E-state index >= 15 is 0 Å². The Balaban J connectivity index is 1.77. The van der Waals surface area contributed by atoms with Crippen molar-refractivity contribution in [3.05, 3.63) is 47.3 Å². The Morgan fingerprint density at radius 2 is 2.19 bits per heavy atom. The highest BCUT2D eigenvalue weighted by Gasteiger charge is 2.23. The first-order valence-electron chi connectivity index (χ1n) is 7.19. The predicted octanol–water partition coefficient (Wildman–Crippen LogP) is 2.11. The third-order valence-electron chi connectivity index (χ3n) is 3.90. The van der Waals surface area contributed by atoms with Crippen molar-refractivity contribution in [3.8, 4) is 5.75 Å². The zero-order valence-electron chi connectivity index (χ0n) is 12.4. The number of aromatic nitrogens is 2. The molecule has 21 heavy (non-hydrogen) atoms. The van der Waals surface area contributed by atoms with Crippen LogP contribution < -0.4 is 4.74 Å². The summed E-state index contributed by atoms with van der Waals surface area (Å²) in [6.07, 6.45) is 2.70. The van der Waals surface area contributed by atoms with Gasteiger partial charge in [0.05, 0.1) is 7.11 Å². The first-order valence-corrected chi connectivity index (χ1v) is 7.19. The second-order valence-electron chi connectivity index (χ2n) is 5.17. The number of nitrogens with zero attached hydrogens (tertiary/aromatic N) is 3. The number of hydrogen-bond donors (Lipinski definition) is 0.